The molecule has 77 heavy (non-hydrogen) atoms. The highest BCUT2D eigenvalue weighted by molar-refractivity contribution is 5.96. The van der Waals surface area contributed by atoms with Crippen molar-refractivity contribution >= 4 is 41.1 Å². The molecule has 414 valence electrons. The highest BCUT2D eigenvalue weighted by Gasteiger charge is 2.32. The lowest BCUT2D eigenvalue weighted by molar-refractivity contribution is -0.134. The number of hydrogen-bond acceptors (Lipinski definition) is 10. The van der Waals surface area contributed by atoms with Gasteiger partial charge in [0.15, 0.2) is 11.6 Å². The molecule has 0 saturated carbocycles. The second-order valence-corrected chi connectivity index (χ2v) is 20.7. The van der Waals surface area contributed by atoms with E-state index in [0.29, 0.717) is 12.0 Å². The molecule has 15 heteroatoms. The zero-order chi connectivity index (χ0) is 56.2. The Kier molecular flexibility index (Phi) is 25.3. The number of rotatable bonds is 24. The summed E-state index contributed by atoms with van der Waals surface area (Å²) < 4.78 is 0. The first-order valence-electron chi connectivity index (χ1n) is 25.9. The summed E-state index contributed by atoms with van der Waals surface area (Å²) in [5, 5.41) is 43.0. The molecule has 0 radical (unpaired) electrons. The number of phenolic OH excluding ortho intramolecular Hbond substituents is 3. The van der Waals surface area contributed by atoms with Crippen molar-refractivity contribution < 1.29 is 48.9 Å². The van der Waals surface area contributed by atoms with E-state index >= 15 is 0 Å². The number of carbonyl (C=O) groups excluding carboxylic acids is 7. The first-order valence-corrected chi connectivity index (χ1v) is 25.9. The largest absolute Gasteiger partial charge is 0.508 e. The average molecular weight is 1060 g/mol. The topological polar surface area (TPSA) is 240 Å². The number of nitrogens with one attached hydrogen (secondary N) is 5. The minimum atomic E-state index is -1.05. The number of ketones is 2. The Morgan fingerprint density at radius 2 is 0.506 bits per heavy atom. The van der Waals surface area contributed by atoms with Crippen LogP contribution >= 0.6 is 0 Å². The fraction of sp³-hybridized carbons (Fsp3) is 0.403. The quantitative estimate of drug-likeness (QED) is 0.0299. The number of aryl methyl sites for hydroxylation is 2. The first kappa shape index (κ1) is 63.5. The Morgan fingerprint density at radius 1 is 0.312 bits per heavy atom. The Hall–Kier alpha value is -7.81. The van der Waals surface area contributed by atoms with Crippen molar-refractivity contribution in [1.82, 2.24) is 26.6 Å². The van der Waals surface area contributed by atoms with E-state index in [-0.39, 0.29) is 97.4 Å². The van der Waals surface area contributed by atoms with E-state index in [1.807, 2.05) is 76.2 Å². The monoisotopic (exact) mass is 1060 g/mol. The number of Topliss-reactive ketones (excluding diaryl/α,β-unsaturated/α-hetero) is 2. The summed E-state index contributed by atoms with van der Waals surface area (Å²) in [5.74, 6) is -3.24. The molecular formula is C62H81N5O10. The van der Waals surface area contributed by atoms with Crippen molar-refractivity contribution in [3.05, 3.63) is 160 Å². The Balaban J connectivity index is 0.000000420. The molecule has 0 saturated heterocycles. The van der Waals surface area contributed by atoms with E-state index in [1.54, 1.807) is 77.9 Å². The maximum absolute atomic E-state index is 13.8. The second kappa shape index (κ2) is 30.7. The fourth-order valence-corrected chi connectivity index (χ4v) is 7.89. The number of phenols is 3. The summed E-state index contributed by atoms with van der Waals surface area (Å²) in [6.07, 6.45) is 1.13. The predicted octanol–water partition coefficient (Wildman–Crippen LogP) is 7.74. The molecule has 0 spiro atoms. The third-order valence-electron chi connectivity index (χ3n) is 12.7. The van der Waals surface area contributed by atoms with Crippen molar-refractivity contribution in [3.8, 4) is 17.2 Å². The van der Waals surface area contributed by atoms with Crippen LogP contribution in [-0.2, 0) is 65.7 Å². The van der Waals surface area contributed by atoms with Crippen LogP contribution < -0.4 is 26.6 Å². The van der Waals surface area contributed by atoms with Crippen LogP contribution in [0.15, 0.2) is 121 Å². The molecule has 8 N–H and O–H groups in total. The molecule has 0 aliphatic carbocycles. The molecule has 0 fully saturated rings. The molecule has 0 aromatic heterocycles. The molecule has 5 aromatic carbocycles. The van der Waals surface area contributed by atoms with Gasteiger partial charge >= 0.3 is 0 Å². The Bertz CT molecular complexity index is 2700. The highest BCUT2D eigenvalue weighted by Crippen LogP contribution is 2.18. The van der Waals surface area contributed by atoms with E-state index in [4.69, 9.17) is 0 Å². The van der Waals surface area contributed by atoms with Gasteiger partial charge in [-0.3, -0.25) is 33.6 Å². The standard InChI is InChI=1S/C35H43N3O6.C26H34N2O4.CH4/c1-21(2)32(41)29(18-25-10-14-27(39)15-11-25)36-34(43)31(19-24-8-6-23(5)7-9-24)38-35(44)30(37-33(42)22(3)4)20-26-12-16-28(40)17-13-26;1-16(2)24(30)22(14-19-8-6-18(5)7-9-19)27-26(32)23(28-25(31)17(3)4)15-20-10-12-21(29)13-11-20;/h6-17,21-22,29-31,39-40H,18-20H2,1-5H3,(H,36,43)(H,37,42)(H,38,44);6-13,16-17,22-23,29H,14-15H2,1-5H3,(H,27,32)(H,28,31);1H4/t29-,30-,31-;22-,23-;/m00./s1. The van der Waals surface area contributed by atoms with Crippen LogP contribution in [0.1, 0.15) is 102 Å². The number of benzene rings is 5. The van der Waals surface area contributed by atoms with Crippen LogP contribution in [0, 0.1) is 37.5 Å². The van der Waals surface area contributed by atoms with Crippen molar-refractivity contribution in [1.29, 1.82) is 0 Å². The van der Waals surface area contributed by atoms with Gasteiger partial charge in [-0.2, -0.15) is 0 Å². The van der Waals surface area contributed by atoms with Crippen LogP contribution in [-0.4, -0.2) is 86.6 Å². The molecule has 0 aliphatic heterocycles. The number of carbonyl (C=O) groups is 7. The van der Waals surface area contributed by atoms with Gasteiger partial charge in [0.05, 0.1) is 12.1 Å². The molecule has 0 bridgehead atoms. The molecule has 0 unspecified atom stereocenters. The first-order chi connectivity index (χ1) is 35.9. The minimum absolute atomic E-state index is 0. The van der Waals surface area contributed by atoms with Crippen molar-refractivity contribution in [3.63, 3.8) is 0 Å². The van der Waals surface area contributed by atoms with Crippen molar-refractivity contribution in [2.24, 2.45) is 23.7 Å². The Labute approximate surface area is 455 Å². The maximum Gasteiger partial charge on any atom is 0.243 e. The van der Waals surface area contributed by atoms with Crippen LogP contribution in [0.3, 0.4) is 0 Å². The number of hydrogen-bond donors (Lipinski definition) is 8. The molecule has 0 heterocycles. The third kappa shape index (κ3) is 21.4. The normalized spacial score (nSPS) is 12.9. The summed E-state index contributed by atoms with van der Waals surface area (Å²) in [7, 11) is 0. The zero-order valence-corrected chi connectivity index (χ0v) is 45.5. The number of amides is 5. The molecule has 15 nitrogen and oxygen atoms in total. The SMILES string of the molecule is C.Cc1ccc(C[C@H](NC(=O)[C@H](Cc2ccc(O)cc2)NC(=O)C(C)C)C(=O)C(C)C)cc1.Cc1ccc(C[C@H](NC(=O)[C@H](Cc2ccc(O)cc2)NC(=O)C(C)C)C(=O)N[C@@H](Cc2ccc(O)cc2)C(=O)C(C)C)cc1. The van der Waals surface area contributed by atoms with Gasteiger partial charge in [0.25, 0.3) is 0 Å². The Morgan fingerprint density at radius 3 is 0.727 bits per heavy atom. The average Bonchev–Trinajstić information content (AvgIpc) is 3.37. The lowest BCUT2D eigenvalue weighted by Crippen LogP contribution is -2.57. The van der Waals surface area contributed by atoms with Crippen LogP contribution in [0.2, 0.25) is 0 Å². The lowest BCUT2D eigenvalue weighted by Gasteiger charge is -2.26. The maximum atomic E-state index is 13.8. The van der Waals surface area contributed by atoms with Crippen molar-refractivity contribution in [2.75, 3.05) is 0 Å². The van der Waals surface area contributed by atoms with E-state index in [0.717, 1.165) is 33.4 Å². The van der Waals surface area contributed by atoms with Crippen LogP contribution in [0.4, 0.5) is 0 Å². The molecule has 5 rings (SSSR count). The highest BCUT2D eigenvalue weighted by atomic mass is 16.3. The predicted molar refractivity (Wildman–Crippen MR) is 301 cm³/mol. The summed E-state index contributed by atoms with van der Waals surface area (Å²) >= 11 is 0. The molecule has 5 atom stereocenters. The molecule has 0 aliphatic rings. The van der Waals surface area contributed by atoms with Gasteiger partial charge in [-0.1, -0.05) is 159 Å². The van der Waals surface area contributed by atoms with Crippen LogP contribution in [0.25, 0.3) is 0 Å². The zero-order valence-electron chi connectivity index (χ0n) is 45.5. The second-order valence-electron chi connectivity index (χ2n) is 20.7. The van der Waals surface area contributed by atoms with E-state index in [2.05, 4.69) is 26.6 Å². The third-order valence-corrected chi connectivity index (χ3v) is 12.7. The van der Waals surface area contributed by atoms with E-state index < -0.39 is 47.9 Å². The van der Waals surface area contributed by atoms with Gasteiger partial charge in [-0.25, -0.2) is 0 Å². The summed E-state index contributed by atoms with van der Waals surface area (Å²) in [4.78, 5) is 91.9. The van der Waals surface area contributed by atoms with Gasteiger partial charge in [-0.05, 0) is 90.9 Å². The van der Waals surface area contributed by atoms with Gasteiger partial charge in [-0.15, -0.1) is 0 Å². The van der Waals surface area contributed by atoms with Gasteiger partial charge in [0.2, 0.25) is 29.5 Å². The van der Waals surface area contributed by atoms with Gasteiger partial charge < -0.3 is 41.9 Å². The van der Waals surface area contributed by atoms with Crippen molar-refractivity contribution in [2.45, 2.75) is 139 Å². The molecule has 5 aromatic rings. The smallest absolute Gasteiger partial charge is 0.243 e. The number of aromatic hydroxyl groups is 3. The minimum Gasteiger partial charge on any atom is -0.508 e. The summed E-state index contributed by atoms with van der Waals surface area (Å²) in [5.41, 5.74) is 6.18. The molecule has 5 amide bonds. The lowest BCUT2D eigenvalue weighted by atomic mass is 9.94. The molecular weight excluding hydrogens is 975 g/mol. The van der Waals surface area contributed by atoms with Crippen LogP contribution in [0.5, 0.6) is 17.2 Å². The summed E-state index contributed by atoms with van der Waals surface area (Å²) in [6.45, 7) is 18.0. The summed E-state index contributed by atoms with van der Waals surface area (Å²) in [6, 6.07) is 30.3. The fourth-order valence-electron chi connectivity index (χ4n) is 7.89. The van der Waals surface area contributed by atoms with E-state index in [1.165, 1.54) is 36.4 Å². The van der Waals surface area contributed by atoms with Gasteiger partial charge in [0, 0.05) is 42.9 Å². The van der Waals surface area contributed by atoms with E-state index in [9.17, 15) is 48.9 Å². The van der Waals surface area contributed by atoms with Gasteiger partial charge in [0.1, 0.15) is 35.4 Å².